The summed E-state index contributed by atoms with van der Waals surface area (Å²) in [6, 6.07) is 6.25. The molecule has 104 valence electrons. The van der Waals surface area contributed by atoms with Crippen molar-refractivity contribution in [1.82, 2.24) is 19.1 Å². The molecule has 0 spiro atoms. The minimum Gasteiger partial charge on any atom is -0.331 e. The van der Waals surface area contributed by atoms with E-state index in [0.29, 0.717) is 6.54 Å². The minimum atomic E-state index is 0.539. The van der Waals surface area contributed by atoms with E-state index in [9.17, 15) is 0 Å². The van der Waals surface area contributed by atoms with E-state index >= 15 is 0 Å². The number of nitrogens with zero attached hydrogens (tertiary/aromatic N) is 4. The molecule has 3 rings (SSSR count). The van der Waals surface area contributed by atoms with Crippen molar-refractivity contribution in [1.29, 1.82) is 0 Å². The average Bonchev–Trinajstić information content (AvgIpc) is 3.02. The highest BCUT2D eigenvalue weighted by molar-refractivity contribution is 5.80. The van der Waals surface area contributed by atoms with Crippen LogP contribution in [0, 0.1) is 0 Å². The Morgan fingerprint density at radius 1 is 1.30 bits per heavy atom. The van der Waals surface area contributed by atoms with Gasteiger partial charge in [0.05, 0.1) is 23.6 Å². The standard InChI is InChI=1S/C15H19N5/c1-3-6-20-13-5-4-11(8-16)7-12(13)18-15(20)14-9-17-10-19(14)2/h4-5,7,9-10H,3,6,8,16H2,1-2H3. The summed E-state index contributed by atoms with van der Waals surface area (Å²) in [5.74, 6) is 0.969. The fraction of sp³-hybridized carbons (Fsp3) is 0.333. The molecular weight excluding hydrogens is 250 g/mol. The normalized spacial score (nSPS) is 11.3. The van der Waals surface area contributed by atoms with Gasteiger partial charge in [-0.3, -0.25) is 0 Å². The Hall–Kier alpha value is -2.14. The Morgan fingerprint density at radius 3 is 2.80 bits per heavy atom. The molecule has 3 aromatic rings. The third-order valence-electron chi connectivity index (χ3n) is 3.54. The predicted molar refractivity (Wildman–Crippen MR) is 80.1 cm³/mol. The molecule has 2 aromatic heterocycles. The summed E-state index contributed by atoms with van der Waals surface area (Å²) in [4.78, 5) is 8.98. The lowest BCUT2D eigenvalue weighted by atomic mass is 10.2. The van der Waals surface area contributed by atoms with E-state index in [1.165, 1.54) is 0 Å². The number of nitrogens with two attached hydrogens (primary N) is 1. The maximum Gasteiger partial charge on any atom is 0.159 e. The summed E-state index contributed by atoms with van der Waals surface area (Å²) >= 11 is 0. The van der Waals surface area contributed by atoms with Gasteiger partial charge < -0.3 is 14.9 Å². The second kappa shape index (κ2) is 5.09. The predicted octanol–water partition coefficient (Wildman–Crippen LogP) is 2.31. The molecule has 20 heavy (non-hydrogen) atoms. The zero-order chi connectivity index (χ0) is 14.1. The van der Waals surface area contributed by atoms with Crippen molar-refractivity contribution < 1.29 is 0 Å². The van der Waals surface area contributed by atoms with Crippen molar-refractivity contribution in [2.75, 3.05) is 0 Å². The van der Waals surface area contributed by atoms with E-state index in [2.05, 4.69) is 34.7 Å². The molecule has 0 saturated carbocycles. The fourth-order valence-electron chi connectivity index (χ4n) is 2.52. The third-order valence-corrected chi connectivity index (χ3v) is 3.54. The molecular formula is C15H19N5. The van der Waals surface area contributed by atoms with Crippen LogP contribution < -0.4 is 5.73 Å². The van der Waals surface area contributed by atoms with Gasteiger partial charge in [0.2, 0.25) is 0 Å². The van der Waals surface area contributed by atoms with E-state index < -0.39 is 0 Å². The van der Waals surface area contributed by atoms with E-state index in [-0.39, 0.29) is 0 Å². The van der Waals surface area contributed by atoms with Crippen LogP contribution in [-0.4, -0.2) is 19.1 Å². The lowest BCUT2D eigenvalue weighted by Crippen LogP contribution is -2.02. The topological polar surface area (TPSA) is 61.7 Å². The van der Waals surface area contributed by atoms with Crippen LogP contribution in [0.5, 0.6) is 0 Å². The van der Waals surface area contributed by atoms with Gasteiger partial charge in [0.25, 0.3) is 0 Å². The van der Waals surface area contributed by atoms with Crippen molar-refractivity contribution in [2.24, 2.45) is 12.8 Å². The van der Waals surface area contributed by atoms with Crippen LogP contribution in [0.4, 0.5) is 0 Å². The fourth-order valence-corrected chi connectivity index (χ4v) is 2.52. The first kappa shape index (κ1) is 12.9. The van der Waals surface area contributed by atoms with E-state index in [4.69, 9.17) is 10.7 Å². The second-order valence-electron chi connectivity index (χ2n) is 5.00. The van der Waals surface area contributed by atoms with Gasteiger partial charge in [0, 0.05) is 20.1 Å². The first-order valence-corrected chi connectivity index (χ1v) is 6.90. The molecule has 0 fully saturated rings. The number of benzene rings is 1. The number of imidazole rings is 2. The monoisotopic (exact) mass is 269 g/mol. The smallest absolute Gasteiger partial charge is 0.159 e. The number of rotatable bonds is 4. The molecule has 0 bridgehead atoms. The summed E-state index contributed by atoms with van der Waals surface area (Å²) in [6.45, 7) is 3.66. The van der Waals surface area contributed by atoms with Gasteiger partial charge in [-0.2, -0.15) is 0 Å². The molecule has 0 unspecified atom stereocenters. The largest absolute Gasteiger partial charge is 0.331 e. The van der Waals surface area contributed by atoms with Crippen molar-refractivity contribution in [2.45, 2.75) is 26.4 Å². The molecule has 0 saturated heterocycles. The van der Waals surface area contributed by atoms with E-state index in [1.807, 2.05) is 17.8 Å². The van der Waals surface area contributed by atoms with Gasteiger partial charge in [-0.1, -0.05) is 13.0 Å². The zero-order valence-corrected chi connectivity index (χ0v) is 11.9. The molecule has 1 aromatic carbocycles. The van der Waals surface area contributed by atoms with Crippen molar-refractivity contribution in [3.8, 4) is 11.5 Å². The Balaban J connectivity index is 2.25. The van der Waals surface area contributed by atoms with Crippen LogP contribution in [0.2, 0.25) is 0 Å². The maximum atomic E-state index is 5.71. The molecule has 0 aliphatic carbocycles. The molecule has 0 radical (unpaired) electrons. The van der Waals surface area contributed by atoms with E-state index in [1.54, 1.807) is 6.33 Å². The van der Waals surface area contributed by atoms with Crippen LogP contribution in [0.25, 0.3) is 22.6 Å². The Bertz CT molecular complexity index is 738. The van der Waals surface area contributed by atoms with Crippen LogP contribution in [-0.2, 0) is 20.1 Å². The average molecular weight is 269 g/mol. The van der Waals surface area contributed by atoms with Gasteiger partial charge in [-0.15, -0.1) is 0 Å². The highest BCUT2D eigenvalue weighted by Crippen LogP contribution is 2.25. The number of aryl methyl sites for hydroxylation is 2. The molecule has 5 heteroatoms. The number of hydrogen-bond acceptors (Lipinski definition) is 3. The van der Waals surface area contributed by atoms with Gasteiger partial charge in [0.1, 0.15) is 5.69 Å². The van der Waals surface area contributed by atoms with Gasteiger partial charge in [0.15, 0.2) is 5.82 Å². The lowest BCUT2D eigenvalue weighted by molar-refractivity contribution is 0.699. The van der Waals surface area contributed by atoms with Crippen molar-refractivity contribution in [3.05, 3.63) is 36.3 Å². The SMILES string of the molecule is CCCn1c(-c2cncn2C)nc2cc(CN)ccc21. The molecule has 0 aliphatic rings. The molecule has 0 aliphatic heterocycles. The Morgan fingerprint density at radius 2 is 2.15 bits per heavy atom. The number of aromatic nitrogens is 4. The molecule has 2 N–H and O–H groups in total. The number of fused-ring (bicyclic) bond motifs is 1. The summed E-state index contributed by atoms with van der Waals surface area (Å²) in [5.41, 5.74) is 10.0. The Kier molecular flexibility index (Phi) is 3.28. The number of hydrogen-bond donors (Lipinski definition) is 1. The lowest BCUT2D eigenvalue weighted by Gasteiger charge is -2.08. The van der Waals surface area contributed by atoms with Gasteiger partial charge in [-0.05, 0) is 24.1 Å². The highest BCUT2D eigenvalue weighted by atomic mass is 15.1. The first-order valence-electron chi connectivity index (χ1n) is 6.90. The van der Waals surface area contributed by atoms with Crippen molar-refractivity contribution >= 4 is 11.0 Å². The first-order chi connectivity index (χ1) is 9.74. The Labute approximate surface area is 118 Å². The summed E-state index contributed by atoms with van der Waals surface area (Å²) in [6.07, 6.45) is 4.72. The van der Waals surface area contributed by atoms with Crippen molar-refractivity contribution in [3.63, 3.8) is 0 Å². The van der Waals surface area contributed by atoms with Crippen LogP contribution in [0.15, 0.2) is 30.7 Å². The van der Waals surface area contributed by atoms with Crippen LogP contribution in [0.1, 0.15) is 18.9 Å². The molecule has 5 nitrogen and oxygen atoms in total. The third kappa shape index (κ3) is 2.00. The molecule has 0 atom stereocenters. The molecule has 0 amide bonds. The zero-order valence-electron chi connectivity index (χ0n) is 11.9. The molecule has 2 heterocycles. The second-order valence-corrected chi connectivity index (χ2v) is 5.00. The summed E-state index contributed by atoms with van der Waals surface area (Å²) < 4.78 is 4.25. The highest BCUT2D eigenvalue weighted by Gasteiger charge is 2.14. The van der Waals surface area contributed by atoms with Gasteiger partial charge >= 0.3 is 0 Å². The van der Waals surface area contributed by atoms with Crippen LogP contribution >= 0.6 is 0 Å². The van der Waals surface area contributed by atoms with Gasteiger partial charge in [-0.25, -0.2) is 9.97 Å². The maximum absolute atomic E-state index is 5.71. The summed E-state index contributed by atoms with van der Waals surface area (Å²) in [5, 5.41) is 0. The summed E-state index contributed by atoms with van der Waals surface area (Å²) in [7, 11) is 1.99. The minimum absolute atomic E-state index is 0.539. The quantitative estimate of drug-likeness (QED) is 0.790. The van der Waals surface area contributed by atoms with Crippen LogP contribution in [0.3, 0.4) is 0 Å². The van der Waals surface area contributed by atoms with E-state index in [0.717, 1.165) is 41.1 Å².